The highest BCUT2D eigenvalue weighted by Gasteiger charge is 2.32. The average molecular weight is 334 g/mol. The molecule has 0 bridgehead atoms. The van der Waals surface area contributed by atoms with Crippen LogP contribution in [0.5, 0.6) is 0 Å². The van der Waals surface area contributed by atoms with Gasteiger partial charge in [0.25, 0.3) is 0 Å². The van der Waals surface area contributed by atoms with Crippen LogP contribution in [0, 0.1) is 12.8 Å². The lowest BCUT2D eigenvalue weighted by Crippen LogP contribution is -2.29. The third-order valence-electron chi connectivity index (χ3n) is 3.26. The highest BCUT2D eigenvalue weighted by Crippen LogP contribution is 2.27. The number of aliphatic hydroxyl groups is 1. The number of nitrogens with zero attached hydrogens (tertiary/aromatic N) is 1. The van der Waals surface area contributed by atoms with Crippen LogP contribution in [0.25, 0.3) is 0 Å². The summed E-state index contributed by atoms with van der Waals surface area (Å²) >= 11 is 3.33. The van der Waals surface area contributed by atoms with Crippen molar-refractivity contribution in [1.82, 2.24) is 4.31 Å². The number of halogens is 1. The van der Waals surface area contributed by atoms with Gasteiger partial charge in [-0.15, -0.1) is 0 Å². The van der Waals surface area contributed by atoms with Crippen molar-refractivity contribution in [1.29, 1.82) is 0 Å². The van der Waals surface area contributed by atoms with E-state index in [4.69, 9.17) is 5.11 Å². The van der Waals surface area contributed by atoms with Gasteiger partial charge in [-0.1, -0.05) is 15.9 Å². The summed E-state index contributed by atoms with van der Waals surface area (Å²) in [6, 6.07) is 5.16. The largest absolute Gasteiger partial charge is 0.396 e. The fourth-order valence-corrected chi connectivity index (χ4v) is 4.42. The number of rotatable bonds is 3. The van der Waals surface area contributed by atoms with E-state index in [0.29, 0.717) is 18.0 Å². The molecule has 1 aliphatic rings. The first kappa shape index (κ1) is 14.0. The first-order valence-electron chi connectivity index (χ1n) is 5.82. The van der Waals surface area contributed by atoms with Gasteiger partial charge < -0.3 is 5.11 Å². The van der Waals surface area contributed by atoms with Crippen LogP contribution in [-0.2, 0) is 10.0 Å². The Morgan fingerprint density at radius 2 is 2.22 bits per heavy atom. The standard InChI is InChI=1S/C12H16BrNO3S/c1-9-6-11(13)2-3-12(9)18(16,17)14-5-4-10(7-14)8-15/h2-3,6,10,15H,4-5,7-8H2,1H3/t10-/m1/s1. The Labute approximate surface area is 116 Å². The van der Waals surface area contributed by atoms with Crippen LogP contribution in [0.3, 0.4) is 0 Å². The molecule has 6 heteroatoms. The summed E-state index contributed by atoms with van der Waals surface area (Å²) < 4.78 is 27.2. The third-order valence-corrected chi connectivity index (χ3v) is 5.78. The smallest absolute Gasteiger partial charge is 0.243 e. The predicted octanol–water partition coefficient (Wildman–Crippen LogP) is 1.76. The number of benzene rings is 1. The SMILES string of the molecule is Cc1cc(Br)ccc1S(=O)(=O)N1CC[C@@H](CO)C1. The van der Waals surface area contributed by atoms with Gasteiger partial charge in [0, 0.05) is 24.2 Å². The third kappa shape index (κ3) is 2.61. The van der Waals surface area contributed by atoms with Crippen LogP contribution in [0.15, 0.2) is 27.6 Å². The average Bonchev–Trinajstić information content (AvgIpc) is 2.77. The molecule has 1 fully saturated rings. The van der Waals surface area contributed by atoms with Crippen molar-refractivity contribution in [2.24, 2.45) is 5.92 Å². The van der Waals surface area contributed by atoms with Gasteiger partial charge >= 0.3 is 0 Å². The molecule has 0 saturated carbocycles. The van der Waals surface area contributed by atoms with Gasteiger partial charge in [-0.3, -0.25) is 0 Å². The zero-order chi connectivity index (χ0) is 13.3. The second kappa shape index (κ2) is 5.28. The van der Waals surface area contributed by atoms with E-state index in [1.54, 1.807) is 25.1 Å². The molecule has 1 atom stereocenters. The molecule has 0 spiro atoms. The van der Waals surface area contributed by atoms with Crippen LogP contribution in [0.1, 0.15) is 12.0 Å². The first-order valence-corrected chi connectivity index (χ1v) is 8.05. The monoisotopic (exact) mass is 333 g/mol. The van der Waals surface area contributed by atoms with Crippen LogP contribution in [-0.4, -0.2) is 37.5 Å². The zero-order valence-corrected chi connectivity index (χ0v) is 12.5. The molecular formula is C12H16BrNO3S. The second-order valence-electron chi connectivity index (χ2n) is 4.61. The van der Waals surface area contributed by atoms with Crippen LogP contribution < -0.4 is 0 Å². The molecule has 2 rings (SSSR count). The Morgan fingerprint density at radius 1 is 1.50 bits per heavy atom. The maximum Gasteiger partial charge on any atom is 0.243 e. The van der Waals surface area contributed by atoms with E-state index in [-0.39, 0.29) is 12.5 Å². The van der Waals surface area contributed by atoms with Gasteiger partial charge in [-0.25, -0.2) is 8.42 Å². The van der Waals surface area contributed by atoms with Crippen molar-refractivity contribution < 1.29 is 13.5 Å². The van der Waals surface area contributed by atoms with Gasteiger partial charge in [-0.2, -0.15) is 4.31 Å². The van der Waals surface area contributed by atoms with Gasteiger partial charge in [0.2, 0.25) is 10.0 Å². The fraction of sp³-hybridized carbons (Fsp3) is 0.500. The van der Waals surface area contributed by atoms with Crippen molar-refractivity contribution in [3.63, 3.8) is 0 Å². The molecule has 1 heterocycles. The van der Waals surface area contributed by atoms with E-state index in [2.05, 4.69) is 15.9 Å². The van der Waals surface area contributed by atoms with Gasteiger partial charge in [0.05, 0.1) is 4.90 Å². The summed E-state index contributed by atoms with van der Waals surface area (Å²) in [4.78, 5) is 0.351. The lowest BCUT2D eigenvalue weighted by Gasteiger charge is -2.17. The van der Waals surface area contributed by atoms with Crippen LogP contribution in [0.2, 0.25) is 0 Å². The Bertz CT molecular complexity index is 544. The minimum Gasteiger partial charge on any atom is -0.396 e. The molecule has 0 aromatic heterocycles. The van der Waals surface area contributed by atoms with Gasteiger partial charge in [-0.05, 0) is 43.0 Å². The van der Waals surface area contributed by atoms with Crippen molar-refractivity contribution >= 4 is 26.0 Å². The van der Waals surface area contributed by atoms with Crippen molar-refractivity contribution in [2.45, 2.75) is 18.2 Å². The van der Waals surface area contributed by atoms with E-state index in [1.807, 2.05) is 0 Å². The minimum atomic E-state index is -3.43. The Kier molecular flexibility index (Phi) is 4.11. The Balaban J connectivity index is 2.31. The molecule has 4 nitrogen and oxygen atoms in total. The molecule has 1 N–H and O–H groups in total. The molecule has 0 amide bonds. The van der Waals surface area contributed by atoms with E-state index < -0.39 is 10.0 Å². The van der Waals surface area contributed by atoms with E-state index in [1.165, 1.54) is 4.31 Å². The minimum absolute atomic E-state index is 0.0470. The van der Waals surface area contributed by atoms with E-state index in [9.17, 15) is 8.42 Å². The van der Waals surface area contributed by atoms with E-state index in [0.717, 1.165) is 16.5 Å². The molecular weight excluding hydrogens is 318 g/mol. The van der Waals surface area contributed by atoms with E-state index >= 15 is 0 Å². The molecule has 1 aliphatic heterocycles. The Morgan fingerprint density at radius 3 is 2.78 bits per heavy atom. The number of hydrogen-bond donors (Lipinski definition) is 1. The molecule has 18 heavy (non-hydrogen) atoms. The predicted molar refractivity (Wildman–Crippen MR) is 72.8 cm³/mol. The van der Waals surface area contributed by atoms with Gasteiger partial charge in [0.1, 0.15) is 0 Å². The lowest BCUT2D eigenvalue weighted by molar-refractivity contribution is 0.233. The lowest BCUT2D eigenvalue weighted by atomic mass is 10.1. The van der Waals surface area contributed by atoms with Crippen molar-refractivity contribution in [3.05, 3.63) is 28.2 Å². The molecule has 0 unspecified atom stereocenters. The summed E-state index contributed by atoms with van der Waals surface area (Å²) in [6.45, 7) is 2.74. The summed E-state index contributed by atoms with van der Waals surface area (Å²) in [5.41, 5.74) is 0.733. The Hall–Kier alpha value is -0.430. The molecule has 0 aliphatic carbocycles. The number of sulfonamides is 1. The molecule has 1 aromatic rings. The van der Waals surface area contributed by atoms with Crippen molar-refractivity contribution in [2.75, 3.05) is 19.7 Å². The highest BCUT2D eigenvalue weighted by molar-refractivity contribution is 9.10. The normalized spacial score (nSPS) is 21.4. The van der Waals surface area contributed by atoms with Crippen molar-refractivity contribution in [3.8, 4) is 0 Å². The summed E-state index contributed by atoms with van der Waals surface area (Å²) in [6.07, 6.45) is 0.727. The fourth-order valence-electron chi connectivity index (χ4n) is 2.21. The van der Waals surface area contributed by atoms with Crippen LogP contribution >= 0.6 is 15.9 Å². The topological polar surface area (TPSA) is 57.6 Å². The van der Waals surface area contributed by atoms with Crippen LogP contribution in [0.4, 0.5) is 0 Å². The summed E-state index contributed by atoms with van der Waals surface area (Å²) in [5.74, 6) is 0.0653. The summed E-state index contributed by atoms with van der Waals surface area (Å²) in [7, 11) is -3.43. The maximum atomic E-state index is 12.5. The summed E-state index contributed by atoms with van der Waals surface area (Å²) in [5, 5.41) is 9.08. The number of aliphatic hydroxyl groups excluding tert-OH is 1. The second-order valence-corrected chi connectivity index (χ2v) is 7.43. The molecule has 0 radical (unpaired) electrons. The van der Waals surface area contributed by atoms with Gasteiger partial charge in [0.15, 0.2) is 0 Å². The quantitative estimate of drug-likeness (QED) is 0.916. The first-order chi connectivity index (χ1) is 8.45. The zero-order valence-electron chi connectivity index (χ0n) is 10.1. The number of aryl methyl sites for hydroxylation is 1. The maximum absolute atomic E-state index is 12.5. The molecule has 1 aromatic carbocycles. The molecule has 1 saturated heterocycles. The number of hydrogen-bond acceptors (Lipinski definition) is 3. The molecule has 100 valence electrons. The highest BCUT2D eigenvalue weighted by atomic mass is 79.9.